The molecule has 0 aliphatic carbocycles. The predicted molar refractivity (Wildman–Crippen MR) is 104 cm³/mol. The number of ether oxygens (including phenoxy) is 1. The highest BCUT2D eigenvalue weighted by Gasteiger charge is 2.10. The van der Waals surface area contributed by atoms with Crippen LogP contribution in [0.5, 0.6) is 0 Å². The molecule has 0 fully saturated rings. The van der Waals surface area contributed by atoms with E-state index in [1.165, 1.54) is 24.3 Å². The predicted octanol–water partition coefficient (Wildman–Crippen LogP) is 2.81. The van der Waals surface area contributed by atoms with Gasteiger partial charge >= 0.3 is 5.97 Å². The molecule has 0 saturated heterocycles. The van der Waals surface area contributed by atoms with E-state index in [1.54, 1.807) is 38.1 Å². The van der Waals surface area contributed by atoms with Crippen molar-refractivity contribution in [3.63, 3.8) is 0 Å². The van der Waals surface area contributed by atoms with Crippen LogP contribution < -0.4 is 10.0 Å². The molecule has 2 aromatic carbocycles. The Morgan fingerprint density at radius 3 is 2.07 bits per heavy atom. The first-order valence-electron chi connectivity index (χ1n) is 8.49. The van der Waals surface area contributed by atoms with Gasteiger partial charge in [-0.05, 0) is 55.8 Å². The van der Waals surface area contributed by atoms with Gasteiger partial charge in [0.2, 0.25) is 10.0 Å². The number of rotatable bonds is 8. The number of hydrogen-bond donors (Lipinski definition) is 2. The molecule has 2 N–H and O–H groups in total. The Labute approximate surface area is 158 Å². The summed E-state index contributed by atoms with van der Waals surface area (Å²) in [6.07, 6.45) is 0.178. The average Bonchev–Trinajstić information content (AvgIpc) is 2.64. The quantitative estimate of drug-likeness (QED) is 0.675. The van der Waals surface area contributed by atoms with Crippen molar-refractivity contribution in [3.05, 3.63) is 59.7 Å². The summed E-state index contributed by atoms with van der Waals surface area (Å²) in [7, 11) is -3.35. The summed E-state index contributed by atoms with van der Waals surface area (Å²) in [6.45, 7) is 3.63. The second kappa shape index (κ2) is 9.18. The molecule has 144 valence electrons. The molecule has 1 amide bonds. The first-order chi connectivity index (χ1) is 12.8. The Hall–Kier alpha value is -2.87. The van der Waals surface area contributed by atoms with Crippen LogP contribution in [-0.2, 0) is 26.0 Å². The van der Waals surface area contributed by atoms with Gasteiger partial charge in [0.1, 0.15) is 0 Å². The third-order valence-corrected chi connectivity index (χ3v) is 4.97. The highest BCUT2D eigenvalue weighted by Crippen LogP contribution is 2.15. The Morgan fingerprint density at radius 2 is 1.52 bits per heavy atom. The highest BCUT2D eigenvalue weighted by atomic mass is 32.2. The highest BCUT2D eigenvalue weighted by molar-refractivity contribution is 7.92. The molecule has 8 heteroatoms. The minimum atomic E-state index is -3.35. The Kier molecular flexibility index (Phi) is 6.95. The smallest absolute Gasteiger partial charge is 0.310 e. The monoisotopic (exact) mass is 390 g/mol. The summed E-state index contributed by atoms with van der Waals surface area (Å²) in [5, 5.41) is 2.75. The number of carbonyl (C=O) groups excluding carboxylic acids is 2. The molecule has 0 atom stereocenters. The van der Waals surface area contributed by atoms with Gasteiger partial charge in [-0.3, -0.25) is 14.3 Å². The van der Waals surface area contributed by atoms with Crippen molar-refractivity contribution in [1.29, 1.82) is 0 Å². The van der Waals surface area contributed by atoms with Gasteiger partial charge in [-0.2, -0.15) is 0 Å². The van der Waals surface area contributed by atoms with Gasteiger partial charge in [-0.25, -0.2) is 8.42 Å². The average molecular weight is 390 g/mol. The summed E-state index contributed by atoms with van der Waals surface area (Å²) >= 11 is 0. The van der Waals surface area contributed by atoms with Crippen LogP contribution in [0, 0.1) is 0 Å². The zero-order chi connectivity index (χ0) is 19.9. The summed E-state index contributed by atoms with van der Waals surface area (Å²) < 4.78 is 30.4. The van der Waals surface area contributed by atoms with E-state index < -0.39 is 10.0 Å². The van der Waals surface area contributed by atoms with E-state index >= 15 is 0 Å². The molecule has 0 unspecified atom stereocenters. The number of nitrogens with one attached hydrogen (secondary N) is 2. The first-order valence-corrected chi connectivity index (χ1v) is 10.1. The second-order valence-electron chi connectivity index (χ2n) is 5.72. The zero-order valence-electron chi connectivity index (χ0n) is 15.2. The van der Waals surface area contributed by atoms with Crippen molar-refractivity contribution in [3.8, 4) is 0 Å². The summed E-state index contributed by atoms with van der Waals surface area (Å²) in [6, 6.07) is 13.0. The minimum Gasteiger partial charge on any atom is -0.466 e. The Balaban J connectivity index is 1.97. The number of anilines is 2. The molecule has 0 heterocycles. The molecule has 0 aliphatic rings. The lowest BCUT2D eigenvalue weighted by atomic mass is 10.1. The van der Waals surface area contributed by atoms with Gasteiger partial charge in [0, 0.05) is 16.9 Å². The lowest BCUT2D eigenvalue weighted by Crippen LogP contribution is -2.15. The maximum atomic E-state index is 12.3. The van der Waals surface area contributed by atoms with Gasteiger partial charge in [0.05, 0.1) is 18.8 Å². The SMILES string of the molecule is CCOC(=O)Cc1ccc(NC(=O)c2ccc(NS(=O)(=O)CC)cc2)cc1. The Morgan fingerprint density at radius 1 is 0.926 bits per heavy atom. The molecule has 7 nitrogen and oxygen atoms in total. The van der Waals surface area contributed by atoms with Gasteiger partial charge in [0.25, 0.3) is 5.91 Å². The number of sulfonamides is 1. The molecule has 0 radical (unpaired) electrons. The van der Waals surface area contributed by atoms with Crippen molar-refractivity contribution in [2.75, 3.05) is 22.4 Å². The standard InChI is InChI=1S/C19H22N2O5S/c1-3-26-18(22)13-14-5-9-16(10-6-14)20-19(23)15-7-11-17(12-8-15)21-27(24,25)4-2/h5-12,21H,3-4,13H2,1-2H3,(H,20,23). The van der Waals surface area contributed by atoms with Crippen molar-refractivity contribution < 1.29 is 22.7 Å². The first kappa shape index (κ1) is 20.4. The molecule has 0 aromatic heterocycles. The molecule has 0 spiro atoms. The van der Waals surface area contributed by atoms with Gasteiger partial charge in [-0.1, -0.05) is 12.1 Å². The van der Waals surface area contributed by atoms with Gasteiger partial charge in [-0.15, -0.1) is 0 Å². The van der Waals surface area contributed by atoms with E-state index in [4.69, 9.17) is 4.74 Å². The lowest BCUT2D eigenvalue weighted by Gasteiger charge is -2.09. The maximum absolute atomic E-state index is 12.3. The summed E-state index contributed by atoms with van der Waals surface area (Å²) in [4.78, 5) is 23.7. The number of amides is 1. The Bertz CT molecular complexity index is 891. The normalized spacial score (nSPS) is 10.9. The van der Waals surface area contributed by atoms with Crippen LogP contribution in [0.25, 0.3) is 0 Å². The van der Waals surface area contributed by atoms with E-state index in [0.717, 1.165) is 5.56 Å². The minimum absolute atomic E-state index is 0.0264. The molecular formula is C19H22N2O5S. The van der Waals surface area contributed by atoms with Crippen LogP contribution in [-0.4, -0.2) is 32.7 Å². The summed E-state index contributed by atoms with van der Waals surface area (Å²) in [5.41, 5.74) is 2.17. The molecule has 0 bridgehead atoms. The zero-order valence-corrected chi connectivity index (χ0v) is 16.0. The summed E-state index contributed by atoms with van der Waals surface area (Å²) in [5.74, 6) is -0.646. The lowest BCUT2D eigenvalue weighted by molar-refractivity contribution is -0.142. The third kappa shape index (κ3) is 6.41. The van der Waals surface area contributed by atoms with Gasteiger partial charge < -0.3 is 10.1 Å². The second-order valence-corrected chi connectivity index (χ2v) is 7.73. The largest absolute Gasteiger partial charge is 0.466 e. The van der Waals surface area contributed by atoms with Crippen molar-refractivity contribution in [1.82, 2.24) is 0 Å². The van der Waals surface area contributed by atoms with Crippen LogP contribution in [0.2, 0.25) is 0 Å². The van der Waals surface area contributed by atoms with Crippen LogP contribution in [0.15, 0.2) is 48.5 Å². The fourth-order valence-corrected chi connectivity index (χ4v) is 2.87. The topological polar surface area (TPSA) is 102 Å². The fourth-order valence-electron chi connectivity index (χ4n) is 2.23. The van der Waals surface area contributed by atoms with Crippen molar-refractivity contribution >= 4 is 33.3 Å². The number of benzene rings is 2. The van der Waals surface area contributed by atoms with Crippen LogP contribution in [0.4, 0.5) is 11.4 Å². The molecule has 0 aliphatic heterocycles. The van der Waals surface area contributed by atoms with Crippen LogP contribution >= 0.6 is 0 Å². The molecular weight excluding hydrogens is 368 g/mol. The molecule has 2 rings (SSSR count). The maximum Gasteiger partial charge on any atom is 0.310 e. The van der Waals surface area contributed by atoms with Crippen LogP contribution in [0.1, 0.15) is 29.8 Å². The van der Waals surface area contributed by atoms with E-state index in [2.05, 4.69) is 10.0 Å². The van der Waals surface area contributed by atoms with Gasteiger partial charge in [0.15, 0.2) is 0 Å². The number of hydrogen-bond acceptors (Lipinski definition) is 5. The van der Waals surface area contributed by atoms with E-state index in [0.29, 0.717) is 23.5 Å². The number of carbonyl (C=O) groups is 2. The van der Waals surface area contributed by atoms with Crippen molar-refractivity contribution in [2.24, 2.45) is 0 Å². The van der Waals surface area contributed by atoms with E-state index in [1.807, 2.05) is 0 Å². The van der Waals surface area contributed by atoms with E-state index in [-0.39, 0.29) is 24.1 Å². The van der Waals surface area contributed by atoms with E-state index in [9.17, 15) is 18.0 Å². The molecule has 27 heavy (non-hydrogen) atoms. The van der Waals surface area contributed by atoms with Crippen molar-refractivity contribution in [2.45, 2.75) is 20.3 Å². The number of esters is 1. The molecule has 0 saturated carbocycles. The third-order valence-electron chi connectivity index (χ3n) is 3.67. The molecule has 2 aromatic rings. The van der Waals surface area contributed by atoms with Crippen LogP contribution in [0.3, 0.4) is 0 Å². The fraction of sp³-hybridized carbons (Fsp3) is 0.263.